The second kappa shape index (κ2) is 7.42. The van der Waals surface area contributed by atoms with Crippen LogP contribution < -0.4 is 0 Å². The number of carbonyl (C=O) groups excluding carboxylic acids is 1. The molecule has 4 rings (SSSR count). The van der Waals surface area contributed by atoms with E-state index < -0.39 is 0 Å². The van der Waals surface area contributed by atoms with Gasteiger partial charge < -0.3 is 4.90 Å². The molecule has 1 aromatic carbocycles. The van der Waals surface area contributed by atoms with Crippen molar-refractivity contribution < 1.29 is 4.79 Å². The van der Waals surface area contributed by atoms with Crippen LogP contribution >= 0.6 is 23.2 Å². The number of rotatable bonds is 3. The van der Waals surface area contributed by atoms with Gasteiger partial charge in [0.1, 0.15) is 6.07 Å². The first-order valence-corrected chi connectivity index (χ1v) is 9.75. The van der Waals surface area contributed by atoms with Crippen LogP contribution in [0.2, 0.25) is 10.0 Å². The minimum absolute atomic E-state index is 0.0595. The Morgan fingerprint density at radius 1 is 1.25 bits per heavy atom. The number of benzene rings is 1. The van der Waals surface area contributed by atoms with Crippen LogP contribution in [0.15, 0.2) is 24.4 Å². The summed E-state index contributed by atoms with van der Waals surface area (Å²) in [5, 5.41) is 10.6. The van der Waals surface area contributed by atoms with Crippen LogP contribution in [0, 0.1) is 18.3 Å². The summed E-state index contributed by atoms with van der Waals surface area (Å²) in [4.78, 5) is 23.3. The Kier molecular flexibility index (Phi) is 4.96. The Hall–Kier alpha value is -2.62. The monoisotopic (exact) mass is 413 g/mol. The van der Waals surface area contributed by atoms with Crippen molar-refractivity contribution in [2.45, 2.75) is 26.2 Å². The SMILES string of the molecule is Cc1nc2nc(CC(=O)N3CCCC3)cn2c(-c2ccc(Cl)cc2Cl)c1C#N. The van der Waals surface area contributed by atoms with Crippen LogP contribution in [0.4, 0.5) is 0 Å². The van der Waals surface area contributed by atoms with Crippen molar-refractivity contribution in [2.75, 3.05) is 13.1 Å². The van der Waals surface area contributed by atoms with Crippen molar-refractivity contribution in [3.05, 3.63) is 51.4 Å². The van der Waals surface area contributed by atoms with Gasteiger partial charge in [0.2, 0.25) is 11.7 Å². The lowest BCUT2D eigenvalue weighted by molar-refractivity contribution is -0.129. The Bertz CT molecular complexity index is 1130. The van der Waals surface area contributed by atoms with Gasteiger partial charge >= 0.3 is 0 Å². The fourth-order valence-electron chi connectivity index (χ4n) is 3.56. The predicted molar refractivity (Wildman–Crippen MR) is 107 cm³/mol. The average Bonchev–Trinajstić information content (AvgIpc) is 3.30. The van der Waals surface area contributed by atoms with Gasteiger partial charge in [-0.05, 0) is 38.0 Å². The molecule has 1 fully saturated rings. The summed E-state index contributed by atoms with van der Waals surface area (Å²) in [6.45, 7) is 3.36. The molecule has 0 unspecified atom stereocenters. The third-order valence-corrected chi connectivity index (χ3v) is 5.48. The number of hydrogen-bond donors (Lipinski definition) is 0. The van der Waals surface area contributed by atoms with Crippen LogP contribution in [-0.4, -0.2) is 38.3 Å². The maximum absolute atomic E-state index is 12.5. The van der Waals surface area contributed by atoms with Gasteiger partial charge in [0.05, 0.1) is 34.1 Å². The molecular formula is C20H17Cl2N5O. The maximum Gasteiger partial charge on any atom is 0.234 e. The van der Waals surface area contributed by atoms with Crippen molar-refractivity contribution in [2.24, 2.45) is 0 Å². The molecule has 0 spiro atoms. The van der Waals surface area contributed by atoms with E-state index in [2.05, 4.69) is 16.0 Å². The molecule has 1 aliphatic heterocycles. The number of nitrogens with zero attached hydrogens (tertiary/aromatic N) is 5. The highest BCUT2D eigenvalue weighted by molar-refractivity contribution is 6.36. The summed E-state index contributed by atoms with van der Waals surface area (Å²) in [6, 6.07) is 7.34. The highest BCUT2D eigenvalue weighted by atomic mass is 35.5. The molecule has 1 saturated heterocycles. The first-order valence-electron chi connectivity index (χ1n) is 9.00. The number of aryl methyl sites for hydroxylation is 1. The fraction of sp³-hybridized carbons (Fsp3) is 0.300. The number of carbonyl (C=O) groups is 1. The summed E-state index contributed by atoms with van der Waals surface area (Å²) in [5.41, 5.74) is 2.84. The van der Waals surface area contributed by atoms with E-state index in [-0.39, 0.29) is 12.3 Å². The molecule has 3 aromatic rings. The molecule has 3 heterocycles. The molecule has 1 aliphatic rings. The van der Waals surface area contributed by atoms with Crippen molar-refractivity contribution in [3.63, 3.8) is 0 Å². The largest absolute Gasteiger partial charge is 0.342 e. The molecular weight excluding hydrogens is 397 g/mol. The van der Waals surface area contributed by atoms with E-state index in [9.17, 15) is 10.1 Å². The van der Waals surface area contributed by atoms with E-state index in [0.29, 0.717) is 44.0 Å². The smallest absolute Gasteiger partial charge is 0.234 e. The number of nitriles is 1. The van der Waals surface area contributed by atoms with Gasteiger partial charge in [0, 0.05) is 29.9 Å². The lowest BCUT2D eigenvalue weighted by Gasteiger charge is -2.13. The van der Waals surface area contributed by atoms with Gasteiger partial charge in [-0.2, -0.15) is 5.26 Å². The van der Waals surface area contributed by atoms with Crippen LogP contribution in [0.1, 0.15) is 29.8 Å². The first kappa shape index (κ1) is 18.7. The van der Waals surface area contributed by atoms with E-state index in [1.165, 1.54) is 0 Å². The summed E-state index contributed by atoms with van der Waals surface area (Å²) < 4.78 is 1.73. The fourth-order valence-corrected chi connectivity index (χ4v) is 4.06. The maximum atomic E-state index is 12.5. The number of amides is 1. The van der Waals surface area contributed by atoms with Gasteiger partial charge in [0.25, 0.3) is 0 Å². The van der Waals surface area contributed by atoms with Crippen molar-refractivity contribution in [1.29, 1.82) is 5.26 Å². The highest BCUT2D eigenvalue weighted by Gasteiger charge is 2.22. The van der Waals surface area contributed by atoms with E-state index >= 15 is 0 Å². The van der Waals surface area contributed by atoms with Crippen LogP contribution in [-0.2, 0) is 11.2 Å². The quantitative estimate of drug-likeness (QED) is 0.648. The third kappa shape index (κ3) is 3.32. The van der Waals surface area contributed by atoms with Gasteiger partial charge in [0.15, 0.2) is 0 Å². The Labute approximate surface area is 172 Å². The normalized spacial score (nSPS) is 13.9. The molecule has 142 valence electrons. The Morgan fingerprint density at radius 2 is 2.00 bits per heavy atom. The van der Waals surface area contributed by atoms with E-state index in [1.54, 1.807) is 35.7 Å². The zero-order valence-corrected chi connectivity index (χ0v) is 16.8. The van der Waals surface area contributed by atoms with Crippen LogP contribution in [0.25, 0.3) is 17.0 Å². The van der Waals surface area contributed by atoms with E-state index in [1.807, 2.05) is 4.90 Å². The van der Waals surface area contributed by atoms with E-state index in [0.717, 1.165) is 25.9 Å². The second-order valence-electron chi connectivity index (χ2n) is 6.82. The zero-order valence-electron chi connectivity index (χ0n) is 15.2. The standard InChI is InChI=1S/C20H17Cl2N5O/c1-12-16(10-23)19(15-5-4-13(21)8-17(15)22)27-11-14(25-20(27)24-12)9-18(28)26-6-2-3-7-26/h4-5,8,11H,2-3,6-7,9H2,1H3. The predicted octanol–water partition coefficient (Wildman–Crippen LogP) is 4.05. The molecule has 0 aliphatic carbocycles. The number of fused-ring (bicyclic) bond motifs is 1. The summed E-state index contributed by atoms with van der Waals surface area (Å²) >= 11 is 12.4. The summed E-state index contributed by atoms with van der Waals surface area (Å²) in [7, 11) is 0. The zero-order chi connectivity index (χ0) is 19.8. The molecule has 0 bridgehead atoms. The first-order chi connectivity index (χ1) is 13.5. The number of halogens is 2. The van der Waals surface area contributed by atoms with Crippen molar-refractivity contribution in [1.82, 2.24) is 19.3 Å². The molecule has 6 nitrogen and oxygen atoms in total. The number of hydrogen-bond acceptors (Lipinski definition) is 4. The van der Waals surface area contributed by atoms with Crippen LogP contribution in [0.3, 0.4) is 0 Å². The molecule has 0 N–H and O–H groups in total. The molecule has 1 amide bonds. The topological polar surface area (TPSA) is 74.3 Å². The lowest BCUT2D eigenvalue weighted by Crippen LogP contribution is -2.29. The van der Waals surface area contributed by atoms with Gasteiger partial charge in [-0.15, -0.1) is 0 Å². The number of likely N-dealkylation sites (tertiary alicyclic amines) is 1. The minimum atomic E-state index is 0.0595. The average molecular weight is 414 g/mol. The Morgan fingerprint density at radius 3 is 2.68 bits per heavy atom. The summed E-state index contributed by atoms with van der Waals surface area (Å²) in [5.74, 6) is 0.492. The molecule has 28 heavy (non-hydrogen) atoms. The molecule has 0 saturated carbocycles. The molecule has 0 radical (unpaired) electrons. The summed E-state index contributed by atoms with van der Waals surface area (Å²) in [6.07, 6.45) is 4.06. The molecule has 0 atom stereocenters. The van der Waals surface area contributed by atoms with Crippen molar-refractivity contribution >= 4 is 34.9 Å². The van der Waals surface area contributed by atoms with Crippen LogP contribution in [0.5, 0.6) is 0 Å². The minimum Gasteiger partial charge on any atom is -0.342 e. The highest BCUT2D eigenvalue weighted by Crippen LogP contribution is 2.33. The Balaban J connectivity index is 1.84. The second-order valence-corrected chi connectivity index (χ2v) is 7.67. The van der Waals surface area contributed by atoms with Gasteiger partial charge in [-0.25, -0.2) is 9.97 Å². The van der Waals surface area contributed by atoms with Gasteiger partial charge in [-0.1, -0.05) is 23.2 Å². The lowest BCUT2D eigenvalue weighted by atomic mass is 10.1. The number of imidazole rings is 1. The van der Waals surface area contributed by atoms with E-state index in [4.69, 9.17) is 23.2 Å². The van der Waals surface area contributed by atoms with Crippen molar-refractivity contribution in [3.8, 4) is 17.3 Å². The third-order valence-electron chi connectivity index (χ3n) is 4.93. The molecule has 8 heteroatoms. The van der Waals surface area contributed by atoms with Gasteiger partial charge in [-0.3, -0.25) is 9.20 Å². The molecule has 2 aromatic heterocycles. The number of aromatic nitrogens is 3.